The summed E-state index contributed by atoms with van der Waals surface area (Å²) in [7, 11) is 0.506. The number of nitrogens with zero attached hydrogens (tertiary/aromatic N) is 4. The number of methoxy groups -OCH3 is 1. The minimum atomic E-state index is -3.75. The summed E-state index contributed by atoms with van der Waals surface area (Å²) in [6, 6.07) is 6.35. The molecule has 0 aliphatic heterocycles. The van der Waals surface area contributed by atoms with E-state index in [0.29, 0.717) is 22.6 Å². The van der Waals surface area contributed by atoms with Crippen molar-refractivity contribution in [1.29, 1.82) is 0 Å². The number of fused-ring (bicyclic) bond motifs is 1. The van der Waals surface area contributed by atoms with Crippen LogP contribution in [0.25, 0.3) is 11.0 Å². The SMILES string of the molecule is COc1ccc(NC(=O)c2cc3cnn(C(C)C)c3nc2C)cc1S(=O)(=O)N(C)C. The van der Waals surface area contributed by atoms with E-state index in [1.165, 1.54) is 33.3 Å². The summed E-state index contributed by atoms with van der Waals surface area (Å²) in [5.41, 5.74) is 1.98. The van der Waals surface area contributed by atoms with E-state index in [0.717, 1.165) is 9.69 Å². The molecule has 1 N–H and O–H groups in total. The van der Waals surface area contributed by atoms with Crippen molar-refractivity contribution in [1.82, 2.24) is 19.1 Å². The number of pyridine rings is 1. The number of carbonyl (C=O) groups excluding carboxylic acids is 1. The number of aryl methyl sites for hydroxylation is 1. The molecule has 1 aromatic carbocycles. The molecule has 0 aliphatic rings. The minimum Gasteiger partial charge on any atom is -0.495 e. The fourth-order valence-corrected chi connectivity index (χ4v) is 4.10. The minimum absolute atomic E-state index is 0.0312. The second-order valence-electron chi connectivity index (χ2n) is 7.32. The van der Waals surface area contributed by atoms with Gasteiger partial charge in [-0.2, -0.15) is 5.10 Å². The van der Waals surface area contributed by atoms with Crippen LogP contribution in [0.2, 0.25) is 0 Å². The molecule has 0 spiro atoms. The molecule has 9 nitrogen and oxygen atoms in total. The highest BCUT2D eigenvalue weighted by Gasteiger charge is 2.23. The van der Waals surface area contributed by atoms with Crippen LogP contribution in [0.1, 0.15) is 35.9 Å². The first-order chi connectivity index (χ1) is 14.1. The largest absolute Gasteiger partial charge is 0.495 e. The topological polar surface area (TPSA) is 106 Å². The van der Waals surface area contributed by atoms with Crippen LogP contribution in [0.15, 0.2) is 35.4 Å². The Bertz CT molecular complexity index is 1220. The predicted molar refractivity (Wildman–Crippen MR) is 114 cm³/mol. The lowest BCUT2D eigenvalue weighted by atomic mass is 10.1. The third-order valence-electron chi connectivity index (χ3n) is 4.67. The molecule has 1 amide bonds. The van der Waals surface area contributed by atoms with Crippen molar-refractivity contribution in [3.63, 3.8) is 0 Å². The summed E-state index contributed by atoms with van der Waals surface area (Å²) < 4.78 is 33.2. The van der Waals surface area contributed by atoms with Crippen LogP contribution in [0.3, 0.4) is 0 Å². The summed E-state index contributed by atoms with van der Waals surface area (Å²) in [5, 5.41) is 7.84. The van der Waals surface area contributed by atoms with Gasteiger partial charge in [-0.15, -0.1) is 0 Å². The Kier molecular flexibility index (Phi) is 5.82. The Morgan fingerprint density at radius 3 is 2.53 bits per heavy atom. The van der Waals surface area contributed by atoms with Gasteiger partial charge in [0.2, 0.25) is 10.0 Å². The van der Waals surface area contributed by atoms with E-state index in [4.69, 9.17) is 4.74 Å². The molecule has 0 atom stereocenters. The highest BCUT2D eigenvalue weighted by molar-refractivity contribution is 7.89. The maximum absolute atomic E-state index is 12.9. The van der Waals surface area contributed by atoms with Gasteiger partial charge in [0.15, 0.2) is 5.65 Å². The van der Waals surface area contributed by atoms with Crippen LogP contribution < -0.4 is 10.1 Å². The highest BCUT2D eigenvalue weighted by atomic mass is 32.2. The molecule has 160 valence electrons. The smallest absolute Gasteiger partial charge is 0.257 e. The van der Waals surface area contributed by atoms with E-state index in [-0.39, 0.29) is 16.7 Å². The average Bonchev–Trinajstić information content (AvgIpc) is 3.10. The molecule has 0 radical (unpaired) electrons. The number of rotatable bonds is 6. The lowest BCUT2D eigenvalue weighted by Crippen LogP contribution is -2.23. The monoisotopic (exact) mass is 431 g/mol. The van der Waals surface area contributed by atoms with Gasteiger partial charge in [0.05, 0.1) is 24.6 Å². The fraction of sp³-hybridized carbons (Fsp3) is 0.350. The van der Waals surface area contributed by atoms with E-state index < -0.39 is 15.9 Å². The number of hydrogen-bond donors (Lipinski definition) is 1. The van der Waals surface area contributed by atoms with Crippen LogP contribution in [0.4, 0.5) is 5.69 Å². The predicted octanol–water partition coefficient (Wildman–Crippen LogP) is 2.83. The molecule has 10 heteroatoms. The van der Waals surface area contributed by atoms with Crippen LogP contribution in [0.5, 0.6) is 5.75 Å². The van der Waals surface area contributed by atoms with Gasteiger partial charge in [-0.3, -0.25) is 4.79 Å². The Morgan fingerprint density at radius 1 is 1.23 bits per heavy atom. The van der Waals surface area contributed by atoms with Gasteiger partial charge < -0.3 is 10.1 Å². The van der Waals surface area contributed by atoms with Crippen molar-refractivity contribution in [2.75, 3.05) is 26.5 Å². The first-order valence-electron chi connectivity index (χ1n) is 9.33. The lowest BCUT2D eigenvalue weighted by molar-refractivity contribution is 0.102. The van der Waals surface area contributed by atoms with Gasteiger partial charge in [0.25, 0.3) is 5.91 Å². The zero-order valence-corrected chi connectivity index (χ0v) is 18.6. The molecule has 0 bridgehead atoms. The van der Waals surface area contributed by atoms with Gasteiger partial charge in [-0.25, -0.2) is 22.4 Å². The van der Waals surface area contributed by atoms with Crippen LogP contribution >= 0.6 is 0 Å². The van der Waals surface area contributed by atoms with E-state index in [2.05, 4.69) is 15.4 Å². The molecule has 2 heterocycles. The van der Waals surface area contributed by atoms with Crippen LogP contribution in [-0.4, -0.2) is 54.6 Å². The number of sulfonamides is 1. The van der Waals surface area contributed by atoms with Crippen molar-refractivity contribution in [3.8, 4) is 5.75 Å². The van der Waals surface area contributed by atoms with Crippen molar-refractivity contribution in [3.05, 3.63) is 41.7 Å². The van der Waals surface area contributed by atoms with E-state index in [1.54, 1.807) is 29.9 Å². The van der Waals surface area contributed by atoms with Gasteiger partial charge in [0, 0.05) is 31.2 Å². The number of aromatic nitrogens is 3. The number of carbonyl (C=O) groups is 1. The Balaban J connectivity index is 1.97. The first-order valence-corrected chi connectivity index (χ1v) is 10.8. The van der Waals surface area contributed by atoms with Crippen molar-refractivity contribution in [2.24, 2.45) is 0 Å². The fourth-order valence-electron chi connectivity index (χ4n) is 3.02. The van der Waals surface area contributed by atoms with E-state index in [9.17, 15) is 13.2 Å². The Labute approximate surface area is 175 Å². The Morgan fingerprint density at radius 2 is 1.93 bits per heavy atom. The molecule has 0 unspecified atom stereocenters. The number of anilines is 1. The molecule has 0 saturated carbocycles. The van der Waals surface area contributed by atoms with Crippen molar-refractivity contribution < 1.29 is 17.9 Å². The molecule has 30 heavy (non-hydrogen) atoms. The van der Waals surface area contributed by atoms with Gasteiger partial charge in [-0.05, 0) is 45.0 Å². The maximum Gasteiger partial charge on any atom is 0.257 e. The number of amides is 1. The number of ether oxygens (including phenoxy) is 1. The van der Waals surface area contributed by atoms with Crippen molar-refractivity contribution >= 4 is 32.7 Å². The molecular formula is C20H25N5O4S. The van der Waals surface area contributed by atoms with Gasteiger partial charge in [-0.1, -0.05) is 0 Å². The van der Waals surface area contributed by atoms with E-state index in [1.807, 2.05) is 13.8 Å². The Hall–Kier alpha value is -2.98. The zero-order chi connectivity index (χ0) is 22.2. The number of benzene rings is 1. The normalized spacial score (nSPS) is 12.0. The summed E-state index contributed by atoms with van der Waals surface area (Å²) in [4.78, 5) is 17.4. The first kappa shape index (κ1) is 21.7. The summed E-state index contributed by atoms with van der Waals surface area (Å²) in [6.07, 6.45) is 1.67. The average molecular weight is 432 g/mol. The molecule has 3 rings (SSSR count). The third-order valence-corrected chi connectivity index (χ3v) is 6.51. The molecule has 0 aliphatic carbocycles. The quantitative estimate of drug-likeness (QED) is 0.643. The molecular weight excluding hydrogens is 406 g/mol. The summed E-state index contributed by atoms with van der Waals surface area (Å²) >= 11 is 0. The van der Waals surface area contributed by atoms with Crippen molar-refractivity contribution in [2.45, 2.75) is 31.7 Å². The van der Waals surface area contributed by atoms with Gasteiger partial charge >= 0.3 is 0 Å². The molecule has 2 aromatic heterocycles. The maximum atomic E-state index is 12.9. The van der Waals surface area contributed by atoms with E-state index >= 15 is 0 Å². The third kappa shape index (κ3) is 3.88. The highest BCUT2D eigenvalue weighted by Crippen LogP contribution is 2.29. The lowest BCUT2D eigenvalue weighted by Gasteiger charge is -2.16. The second kappa shape index (κ2) is 8.04. The van der Waals surface area contributed by atoms with Crippen LogP contribution in [-0.2, 0) is 10.0 Å². The zero-order valence-electron chi connectivity index (χ0n) is 17.8. The summed E-state index contributed by atoms with van der Waals surface area (Å²) in [5.74, 6) is -0.195. The second-order valence-corrected chi connectivity index (χ2v) is 9.44. The number of nitrogens with one attached hydrogen (secondary N) is 1. The molecule has 3 aromatic rings. The number of hydrogen-bond acceptors (Lipinski definition) is 6. The van der Waals surface area contributed by atoms with Gasteiger partial charge in [0.1, 0.15) is 10.6 Å². The molecule has 0 saturated heterocycles. The van der Waals surface area contributed by atoms with Crippen LogP contribution in [0, 0.1) is 6.92 Å². The summed E-state index contributed by atoms with van der Waals surface area (Å²) in [6.45, 7) is 5.77. The standard InChI is InChI=1S/C20H25N5O4S/c1-12(2)25-19-14(11-21-25)9-16(13(3)22-19)20(26)23-15-7-8-17(29-6)18(10-15)30(27,28)24(4)5/h7-12H,1-6H3,(H,23,26). The molecule has 0 fully saturated rings.